The van der Waals surface area contributed by atoms with Crippen LogP contribution in [0.4, 0.5) is 0 Å². The summed E-state index contributed by atoms with van der Waals surface area (Å²) in [5, 5.41) is 3.24. The number of rotatable bonds is 2. The molecular weight excluding hydrogens is 358 g/mol. The van der Waals surface area contributed by atoms with E-state index in [1.54, 1.807) is 0 Å². The van der Waals surface area contributed by atoms with Crippen molar-refractivity contribution in [1.29, 1.82) is 0 Å². The Morgan fingerprint density at radius 1 is 0.724 bits per heavy atom. The van der Waals surface area contributed by atoms with Crippen molar-refractivity contribution in [1.82, 2.24) is 4.98 Å². The highest BCUT2D eigenvalue weighted by Crippen LogP contribution is 2.39. The number of pyridine rings is 1. The Morgan fingerprint density at radius 2 is 1.55 bits per heavy atom. The van der Waals surface area contributed by atoms with Crippen LogP contribution >= 0.6 is 0 Å². The average Bonchev–Trinajstić information content (AvgIpc) is 3.35. The largest absolute Gasteiger partial charge is 0.455 e. The number of hydrogen-bond acceptors (Lipinski definition) is 3. The van der Waals surface area contributed by atoms with Gasteiger partial charge in [0.15, 0.2) is 5.58 Å². The summed E-state index contributed by atoms with van der Waals surface area (Å²) in [5.41, 5.74) is 6.47. The molecule has 0 saturated carbocycles. The molecule has 0 unspecified atom stereocenters. The van der Waals surface area contributed by atoms with Gasteiger partial charge in [-0.05, 0) is 42.8 Å². The number of nitrogens with zero attached hydrogens (tertiary/aromatic N) is 1. The lowest BCUT2D eigenvalue weighted by Crippen LogP contribution is -1.86. The molecule has 0 spiro atoms. The predicted molar refractivity (Wildman–Crippen MR) is 117 cm³/mol. The second-order valence-electron chi connectivity index (χ2n) is 7.34. The molecule has 29 heavy (non-hydrogen) atoms. The van der Waals surface area contributed by atoms with Crippen molar-refractivity contribution in [2.45, 2.75) is 6.92 Å². The van der Waals surface area contributed by atoms with Crippen molar-refractivity contribution < 1.29 is 8.83 Å². The van der Waals surface area contributed by atoms with Crippen LogP contribution in [0.2, 0.25) is 0 Å². The van der Waals surface area contributed by atoms with Gasteiger partial charge in [0, 0.05) is 33.5 Å². The van der Waals surface area contributed by atoms with E-state index in [2.05, 4.69) is 43.3 Å². The lowest BCUT2D eigenvalue weighted by atomic mass is 10.0. The van der Waals surface area contributed by atoms with E-state index in [-0.39, 0.29) is 0 Å². The van der Waals surface area contributed by atoms with E-state index in [4.69, 9.17) is 13.8 Å². The smallest absolute Gasteiger partial charge is 0.161 e. The number of aryl methyl sites for hydroxylation is 1. The van der Waals surface area contributed by atoms with Gasteiger partial charge in [0.1, 0.15) is 22.6 Å². The molecule has 3 aromatic carbocycles. The summed E-state index contributed by atoms with van der Waals surface area (Å²) in [6.07, 6.45) is 1.83. The molecule has 0 radical (unpaired) electrons. The molecule has 0 aliphatic carbocycles. The highest BCUT2D eigenvalue weighted by Gasteiger charge is 2.18. The van der Waals surface area contributed by atoms with Gasteiger partial charge in [-0.1, -0.05) is 48.5 Å². The summed E-state index contributed by atoms with van der Waals surface area (Å²) in [6.45, 7) is 2.10. The molecule has 0 aliphatic rings. The van der Waals surface area contributed by atoms with E-state index in [0.717, 1.165) is 61.1 Å². The summed E-state index contributed by atoms with van der Waals surface area (Å²) < 4.78 is 12.6. The van der Waals surface area contributed by atoms with Crippen molar-refractivity contribution in [3.05, 3.63) is 90.6 Å². The third kappa shape index (κ3) is 2.48. The van der Waals surface area contributed by atoms with Crippen LogP contribution in [0.15, 0.2) is 93.9 Å². The maximum absolute atomic E-state index is 6.30. The van der Waals surface area contributed by atoms with E-state index in [1.807, 2.05) is 48.7 Å². The molecule has 0 aliphatic heterocycles. The van der Waals surface area contributed by atoms with Gasteiger partial charge >= 0.3 is 0 Å². The van der Waals surface area contributed by atoms with Gasteiger partial charge < -0.3 is 8.83 Å². The molecule has 138 valence electrons. The summed E-state index contributed by atoms with van der Waals surface area (Å²) >= 11 is 0. The molecule has 0 bridgehead atoms. The van der Waals surface area contributed by atoms with Crippen molar-refractivity contribution in [2.24, 2.45) is 0 Å². The minimum absolute atomic E-state index is 0.777. The monoisotopic (exact) mass is 375 g/mol. The van der Waals surface area contributed by atoms with Crippen LogP contribution in [-0.2, 0) is 0 Å². The Morgan fingerprint density at radius 3 is 2.45 bits per heavy atom. The number of hydrogen-bond donors (Lipinski definition) is 0. The molecule has 6 rings (SSSR count). The Labute approximate surface area is 167 Å². The zero-order valence-electron chi connectivity index (χ0n) is 15.8. The topological polar surface area (TPSA) is 39.2 Å². The van der Waals surface area contributed by atoms with Crippen LogP contribution in [0.1, 0.15) is 5.56 Å². The number of fused-ring (bicyclic) bond motifs is 4. The molecule has 3 nitrogen and oxygen atoms in total. The Kier molecular flexibility index (Phi) is 3.38. The van der Waals surface area contributed by atoms with Gasteiger partial charge in [0.25, 0.3) is 0 Å². The number of benzene rings is 3. The zero-order valence-corrected chi connectivity index (χ0v) is 15.8. The number of para-hydroxylation sites is 1. The van der Waals surface area contributed by atoms with Gasteiger partial charge in [0.2, 0.25) is 0 Å². The molecule has 0 N–H and O–H groups in total. The SMILES string of the molecule is Cc1cc(-c2nccc3cc(-c4ccccc4)oc23)c2oc3ccccc3c2c1. The van der Waals surface area contributed by atoms with Crippen LogP contribution in [-0.4, -0.2) is 4.98 Å². The standard InChI is InChI=1S/C26H17NO2/c1-16-13-20-19-9-5-6-10-22(19)28-26(20)21(14-16)24-25-18(11-12-27-24)15-23(29-25)17-7-3-2-4-8-17/h2-15H,1H3. The Hall–Kier alpha value is -3.85. The normalized spacial score (nSPS) is 11.6. The quantitative estimate of drug-likeness (QED) is 0.317. The fraction of sp³-hybridized carbons (Fsp3) is 0.0385. The second-order valence-corrected chi connectivity index (χ2v) is 7.34. The molecule has 3 heteroatoms. The lowest BCUT2D eigenvalue weighted by molar-refractivity contribution is 0.630. The van der Waals surface area contributed by atoms with Gasteiger partial charge in [-0.3, -0.25) is 4.98 Å². The van der Waals surface area contributed by atoms with Crippen molar-refractivity contribution >= 4 is 32.9 Å². The van der Waals surface area contributed by atoms with E-state index in [0.29, 0.717) is 0 Å². The number of furan rings is 2. The van der Waals surface area contributed by atoms with E-state index in [1.165, 1.54) is 0 Å². The van der Waals surface area contributed by atoms with Crippen LogP contribution in [0, 0.1) is 6.92 Å². The maximum Gasteiger partial charge on any atom is 0.161 e. The predicted octanol–water partition coefficient (Wildman–Crippen LogP) is 7.37. The number of aromatic nitrogens is 1. The molecular formula is C26H17NO2. The van der Waals surface area contributed by atoms with Crippen LogP contribution in [0.5, 0.6) is 0 Å². The van der Waals surface area contributed by atoms with Crippen LogP contribution in [0.25, 0.3) is 55.5 Å². The third-order valence-electron chi connectivity index (χ3n) is 5.37. The minimum Gasteiger partial charge on any atom is -0.455 e. The Balaban J connectivity index is 1.66. The molecule has 0 atom stereocenters. The van der Waals surface area contributed by atoms with Gasteiger partial charge in [-0.15, -0.1) is 0 Å². The van der Waals surface area contributed by atoms with Gasteiger partial charge in [0.05, 0.1) is 0 Å². The van der Waals surface area contributed by atoms with Crippen molar-refractivity contribution in [3.63, 3.8) is 0 Å². The van der Waals surface area contributed by atoms with Crippen LogP contribution in [0.3, 0.4) is 0 Å². The summed E-state index contributed by atoms with van der Waals surface area (Å²) in [4.78, 5) is 4.69. The first kappa shape index (κ1) is 16.1. The molecule has 0 fully saturated rings. The molecule has 3 aromatic heterocycles. The summed E-state index contributed by atoms with van der Waals surface area (Å²) in [5.74, 6) is 0.836. The van der Waals surface area contributed by atoms with E-state index >= 15 is 0 Å². The van der Waals surface area contributed by atoms with Gasteiger partial charge in [-0.2, -0.15) is 0 Å². The average molecular weight is 375 g/mol. The van der Waals surface area contributed by atoms with E-state index in [9.17, 15) is 0 Å². The third-order valence-corrected chi connectivity index (χ3v) is 5.37. The second kappa shape index (κ2) is 6.08. The first-order valence-electron chi connectivity index (χ1n) is 9.64. The summed E-state index contributed by atoms with van der Waals surface area (Å²) in [6, 6.07) is 26.6. The fourth-order valence-corrected chi connectivity index (χ4v) is 4.05. The highest BCUT2D eigenvalue weighted by atomic mass is 16.3. The maximum atomic E-state index is 6.30. The first-order chi connectivity index (χ1) is 14.3. The fourth-order valence-electron chi connectivity index (χ4n) is 4.05. The van der Waals surface area contributed by atoms with Crippen molar-refractivity contribution in [2.75, 3.05) is 0 Å². The van der Waals surface area contributed by atoms with Gasteiger partial charge in [-0.25, -0.2) is 0 Å². The minimum atomic E-state index is 0.777. The van der Waals surface area contributed by atoms with Crippen LogP contribution < -0.4 is 0 Å². The molecule has 0 amide bonds. The Bertz CT molecular complexity index is 1510. The summed E-state index contributed by atoms with van der Waals surface area (Å²) in [7, 11) is 0. The highest BCUT2D eigenvalue weighted by molar-refractivity contribution is 6.11. The molecule has 0 saturated heterocycles. The lowest BCUT2D eigenvalue weighted by Gasteiger charge is -2.05. The van der Waals surface area contributed by atoms with Crippen molar-refractivity contribution in [3.8, 4) is 22.6 Å². The molecule has 3 heterocycles. The zero-order chi connectivity index (χ0) is 19.4. The first-order valence-corrected chi connectivity index (χ1v) is 9.64. The van der Waals surface area contributed by atoms with E-state index < -0.39 is 0 Å². The molecule has 6 aromatic rings.